The average Bonchev–Trinajstić information content (AvgIpc) is 2.76. The number of rotatable bonds is 8. The molecular formula is C24H27ClF3NO4. The molecule has 33 heavy (non-hydrogen) atoms. The molecule has 1 atom stereocenters. The predicted octanol–water partition coefficient (Wildman–Crippen LogP) is 5.91. The van der Waals surface area contributed by atoms with Gasteiger partial charge in [-0.05, 0) is 35.2 Å². The van der Waals surface area contributed by atoms with Crippen LogP contribution in [-0.4, -0.2) is 42.2 Å². The third-order valence-corrected chi connectivity index (χ3v) is 5.98. The van der Waals surface area contributed by atoms with Gasteiger partial charge in [-0.15, -0.1) is 0 Å². The summed E-state index contributed by atoms with van der Waals surface area (Å²) in [5, 5.41) is 9.38. The molecule has 3 rings (SSSR count). The molecule has 1 heterocycles. The number of carboxylic acids is 1. The van der Waals surface area contributed by atoms with Crippen molar-refractivity contribution in [3.8, 4) is 5.75 Å². The SMILES string of the molecule is CC(C)c1cccc(Cl)c1COc1ccc(C2CN(CCC(=O)O)CCO2)c(C(F)(F)F)c1. The molecule has 2 aromatic carbocycles. The molecule has 0 aliphatic carbocycles. The van der Waals surface area contributed by atoms with E-state index in [2.05, 4.69) is 0 Å². The number of hydrogen-bond donors (Lipinski definition) is 1. The van der Waals surface area contributed by atoms with Crippen LogP contribution in [0.4, 0.5) is 13.2 Å². The Bertz CT molecular complexity index is 981. The fourth-order valence-corrected chi connectivity index (χ4v) is 4.16. The Labute approximate surface area is 196 Å². The number of morpholine rings is 1. The Hall–Kier alpha value is -2.29. The summed E-state index contributed by atoms with van der Waals surface area (Å²) in [4.78, 5) is 12.6. The molecule has 1 saturated heterocycles. The minimum atomic E-state index is -4.60. The van der Waals surface area contributed by atoms with E-state index in [1.54, 1.807) is 11.0 Å². The summed E-state index contributed by atoms with van der Waals surface area (Å²) < 4.78 is 53.1. The third-order valence-electron chi connectivity index (χ3n) is 5.63. The number of carboxylic acid groups (broad SMARTS) is 1. The molecular weight excluding hydrogens is 459 g/mol. The van der Waals surface area contributed by atoms with E-state index in [1.165, 1.54) is 12.1 Å². The lowest BCUT2D eigenvalue weighted by Gasteiger charge is -2.34. The minimum Gasteiger partial charge on any atom is -0.489 e. The molecule has 1 aliphatic heterocycles. The fraction of sp³-hybridized carbons (Fsp3) is 0.458. The Balaban J connectivity index is 1.81. The standard InChI is InChI=1S/C24H27ClF3NO4/c1-15(2)17-4-3-5-21(25)19(17)14-33-16-6-7-18(20(12-16)24(26,27)28)22-13-29(10-11-32-22)9-8-23(30)31/h3-7,12,15,22H,8-11,13-14H2,1-2H3,(H,30,31). The average molecular weight is 486 g/mol. The second kappa shape index (κ2) is 10.8. The Morgan fingerprint density at radius 2 is 2.06 bits per heavy atom. The topological polar surface area (TPSA) is 59.0 Å². The summed E-state index contributed by atoms with van der Waals surface area (Å²) in [5.41, 5.74) is 0.910. The molecule has 1 N–H and O–H groups in total. The van der Waals surface area contributed by atoms with Crippen LogP contribution in [0.5, 0.6) is 5.75 Å². The molecule has 5 nitrogen and oxygen atoms in total. The van der Waals surface area contributed by atoms with E-state index >= 15 is 0 Å². The first-order valence-electron chi connectivity index (χ1n) is 10.7. The van der Waals surface area contributed by atoms with E-state index in [0.29, 0.717) is 11.6 Å². The Kier molecular flexibility index (Phi) is 8.26. The highest BCUT2D eigenvalue weighted by Gasteiger charge is 2.37. The van der Waals surface area contributed by atoms with Gasteiger partial charge < -0.3 is 14.6 Å². The van der Waals surface area contributed by atoms with E-state index in [4.69, 9.17) is 26.2 Å². The van der Waals surface area contributed by atoms with Gasteiger partial charge in [-0.1, -0.05) is 43.6 Å². The highest BCUT2D eigenvalue weighted by atomic mass is 35.5. The van der Waals surface area contributed by atoms with Gasteiger partial charge in [0, 0.05) is 30.2 Å². The summed E-state index contributed by atoms with van der Waals surface area (Å²) in [6.45, 7) is 5.21. The molecule has 0 spiro atoms. The summed E-state index contributed by atoms with van der Waals surface area (Å²) in [5.74, 6) is -0.683. The fourth-order valence-electron chi connectivity index (χ4n) is 3.92. The van der Waals surface area contributed by atoms with Crippen molar-refractivity contribution >= 4 is 17.6 Å². The lowest BCUT2D eigenvalue weighted by Crippen LogP contribution is -2.40. The normalized spacial score (nSPS) is 17.4. The number of hydrogen-bond acceptors (Lipinski definition) is 4. The number of carbonyl (C=O) groups is 1. The van der Waals surface area contributed by atoms with Crippen LogP contribution in [0.1, 0.15) is 54.5 Å². The molecule has 0 aromatic heterocycles. The van der Waals surface area contributed by atoms with Crippen molar-refractivity contribution in [1.29, 1.82) is 0 Å². The van der Waals surface area contributed by atoms with Gasteiger partial charge in [-0.3, -0.25) is 9.69 Å². The highest BCUT2D eigenvalue weighted by Crippen LogP contribution is 2.39. The molecule has 0 bridgehead atoms. The number of ether oxygens (including phenoxy) is 2. The van der Waals surface area contributed by atoms with Gasteiger partial charge in [0.15, 0.2) is 0 Å². The van der Waals surface area contributed by atoms with Crippen molar-refractivity contribution < 1.29 is 32.5 Å². The highest BCUT2D eigenvalue weighted by molar-refractivity contribution is 6.31. The molecule has 1 fully saturated rings. The molecule has 0 amide bonds. The van der Waals surface area contributed by atoms with Crippen molar-refractivity contribution in [3.63, 3.8) is 0 Å². The van der Waals surface area contributed by atoms with E-state index in [-0.39, 0.29) is 50.0 Å². The van der Waals surface area contributed by atoms with Crippen molar-refractivity contribution in [3.05, 3.63) is 63.7 Å². The Morgan fingerprint density at radius 3 is 2.73 bits per heavy atom. The van der Waals surface area contributed by atoms with Crippen molar-refractivity contribution in [2.24, 2.45) is 0 Å². The van der Waals surface area contributed by atoms with Crippen LogP contribution >= 0.6 is 11.6 Å². The number of nitrogens with zero attached hydrogens (tertiary/aromatic N) is 1. The van der Waals surface area contributed by atoms with Crippen molar-refractivity contribution in [2.75, 3.05) is 26.2 Å². The number of aliphatic carboxylic acids is 1. The Morgan fingerprint density at radius 1 is 1.30 bits per heavy atom. The van der Waals surface area contributed by atoms with Gasteiger partial charge in [-0.25, -0.2) is 0 Å². The van der Waals surface area contributed by atoms with Crippen LogP contribution in [0.2, 0.25) is 5.02 Å². The molecule has 0 radical (unpaired) electrons. The second-order valence-electron chi connectivity index (χ2n) is 8.30. The van der Waals surface area contributed by atoms with Gasteiger partial charge in [0.25, 0.3) is 0 Å². The van der Waals surface area contributed by atoms with Gasteiger partial charge in [-0.2, -0.15) is 13.2 Å². The van der Waals surface area contributed by atoms with Gasteiger partial charge in [0.05, 0.1) is 24.7 Å². The molecule has 1 aliphatic rings. The zero-order valence-electron chi connectivity index (χ0n) is 18.5. The zero-order chi connectivity index (χ0) is 24.2. The van der Waals surface area contributed by atoms with E-state index in [9.17, 15) is 18.0 Å². The van der Waals surface area contributed by atoms with Crippen LogP contribution in [-0.2, 0) is 22.3 Å². The van der Waals surface area contributed by atoms with E-state index in [1.807, 2.05) is 26.0 Å². The lowest BCUT2D eigenvalue weighted by molar-refractivity contribution is -0.140. The predicted molar refractivity (Wildman–Crippen MR) is 119 cm³/mol. The summed E-state index contributed by atoms with van der Waals surface area (Å²) in [6.07, 6.45) is -5.49. The molecule has 0 saturated carbocycles. The number of halogens is 4. The first-order chi connectivity index (χ1) is 15.6. The summed E-state index contributed by atoms with van der Waals surface area (Å²) >= 11 is 6.31. The van der Waals surface area contributed by atoms with E-state index < -0.39 is 23.8 Å². The third kappa shape index (κ3) is 6.62. The number of benzene rings is 2. The van der Waals surface area contributed by atoms with Crippen LogP contribution < -0.4 is 4.74 Å². The van der Waals surface area contributed by atoms with Gasteiger partial charge >= 0.3 is 12.1 Å². The minimum absolute atomic E-state index is 0.00971. The monoisotopic (exact) mass is 485 g/mol. The van der Waals surface area contributed by atoms with E-state index in [0.717, 1.165) is 17.2 Å². The largest absolute Gasteiger partial charge is 0.489 e. The van der Waals surface area contributed by atoms with Gasteiger partial charge in [0.1, 0.15) is 12.4 Å². The maximum absolute atomic E-state index is 13.9. The summed E-state index contributed by atoms with van der Waals surface area (Å²) in [7, 11) is 0. The first kappa shape index (κ1) is 25.3. The molecule has 2 aromatic rings. The van der Waals surface area contributed by atoms with Crippen LogP contribution in [0.15, 0.2) is 36.4 Å². The second-order valence-corrected chi connectivity index (χ2v) is 8.71. The number of alkyl halides is 3. The molecule has 9 heteroatoms. The quantitative estimate of drug-likeness (QED) is 0.503. The zero-order valence-corrected chi connectivity index (χ0v) is 19.2. The summed E-state index contributed by atoms with van der Waals surface area (Å²) in [6, 6.07) is 9.35. The lowest BCUT2D eigenvalue weighted by atomic mass is 9.97. The van der Waals surface area contributed by atoms with Crippen molar-refractivity contribution in [2.45, 2.75) is 45.1 Å². The van der Waals surface area contributed by atoms with Crippen LogP contribution in [0, 0.1) is 0 Å². The van der Waals surface area contributed by atoms with Crippen LogP contribution in [0.3, 0.4) is 0 Å². The molecule has 180 valence electrons. The maximum atomic E-state index is 13.9. The smallest absolute Gasteiger partial charge is 0.416 e. The maximum Gasteiger partial charge on any atom is 0.416 e. The van der Waals surface area contributed by atoms with Crippen molar-refractivity contribution in [1.82, 2.24) is 4.90 Å². The first-order valence-corrected chi connectivity index (χ1v) is 11.1. The van der Waals surface area contributed by atoms with Crippen LogP contribution in [0.25, 0.3) is 0 Å². The molecule has 1 unspecified atom stereocenters. The van der Waals surface area contributed by atoms with Gasteiger partial charge in [0.2, 0.25) is 0 Å².